The summed E-state index contributed by atoms with van der Waals surface area (Å²) in [4.78, 5) is 18.6. The van der Waals surface area contributed by atoms with Gasteiger partial charge in [-0.15, -0.1) is 24.0 Å². The maximum Gasteiger partial charge on any atom is 0.221 e. The largest absolute Gasteiger partial charge is 0.379 e. The molecule has 2 rings (SSSR count). The van der Waals surface area contributed by atoms with Crippen LogP contribution in [0.1, 0.15) is 37.8 Å². The zero-order valence-corrected chi connectivity index (χ0v) is 20.2. The van der Waals surface area contributed by atoms with Crippen molar-refractivity contribution < 1.29 is 9.53 Å². The number of halogens is 1. The van der Waals surface area contributed by atoms with Crippen LogP contribution in [-0.2, 0) is 22.6 Å². The van der Waals surface area contributed by atoms with Crippen molar-refractivity contribution in [2.45, 2.75) is 45.8 Å². The molecule has 0 bridgehead atoms. The van der Waals surface area contributed by atoms with E-state index in [1.807, 2.05) is 6.92 Å². The fourth-order valence-corrected chi connectivity index (χ4v) is 3.03. The predicted octanol–water partition coefficient (Wildman–Crippen LogP) is 2.11. The average Bonchev–Trinajstić information content (AvgIpc) is 2.72. The molecule has 1 heterocycles. The third-order valence-electron chi connectivity index (χ3n) is 4.95. The van der Waals surface area contributed by atoms with Crippen molar-refractivity contribution in [3.63, 3.8) is 0 Å². The molecule has 0 saturated carbocycles. The molecule has 164 valence electrons. The Bertz CT molecular complexity index is 635. The van der Waals surface area contributed by atoms with E-state index >= 15 is 0 Å². The number of hydrogen-bond acceptors (Lipinski definition) is 4. The van der Waals surface area contributed by atoms with Crippen LogP contribution in [0.2, 0.25) is 0 Å². The molecule has 0 aliphatic carbocycles. The molecular formula is C21H36IN5O2. The van der Waals surface area contributed by atoms with Crippen LogP contribution in [0.5, 0.6) is 0 Å². The molecule has 1 aromatic rings. The highest BCUT2D eigenvalue weighted by atomic mass is 127. The number of carbonyl (C=O) groups excluding carboxylic acids is 1. The monoisotopic (exact) mass is 517 g/mol. The Balaban J connectivity index is 0.00000420. The second kappa shape index (κ2) is 14.6. The van der Waals surface area contributed by atoms with E-state index in [0.717, 1.165) is 39.3 Å². The van der Waals surface area contributed by atoms with Crippen molar-refractivity contribution in [1.29, 1.82) is 0 Å². The number of aliphatic imine (C=N–C) groups is 1. The van der Waals surface area contributed by atoms with Gasteiger partial charge in [-0.2, -0.15) is 0 Å². The fraction of sp³-hybridized carbons (Fsp3) is 0.619. The standard InChI is InChI=1S/C21H35N5O2.HI/c1-4-17(2)25-20(27)9-10-23-21(22-3)24-15-18-7-5-6-8-19(18)16-26-11-13-28-14-12-26;/h5-8,17H,4,9-16H2,1-3H3,(H,25,27)(H2,22,23,24);1H. The fourth-order valence-electron chi connectivity index (χ4n) is 3.03. The Morgan fingerprint density at radius 2 is 1.90 bits per heavy atom. The van der Waals surface area contributed by atoms with Crippen LogP contribution >= 0.6 is 24.0 Å². The number of rotatable bonds is 9. The molecule has 1 aliphatic heterocycles. The number of ether oxygens (including phenoxy) is 1. The first kappa shape index (κ1) is 25.6. The number of guanidine groups is 1. The average molecular weight is 517 g/mol. The van der Waals surface area contributed by atoms with Gasteiger partial charge >= 0.3 is 0 Å². The zero-order chi connectivity index (χ0) is 20.2. The van der Waals surface area contributed by atoms with Gasteiger partial charge in [-0.25, -0.2) is 0 Å². The summed E-state index contributed by atoms with van der Waals surface area (Å²) in [5.41, 5.74) is 2.58. The van der Waals surface area contributed by atoms with Crippen LogP contribution in [0.25, 0.3) is 0 Å². The van der Waals surface area contributed by atoms with Gasteiger partial charge in [-0.3, -0.25) is 14.7 Å². The van der Waals surface area contributed by atoms with Gasteiger partial charge in [0.1, 0.15) is 0 Å². The van der Waals surface area contributed by atoms with Crippen LogP contribution in [0.3, 0.4) is 0 Å². The van der Waals surface area contributed by atoms with Crippen molar-refractivity contribution in [3.8, 4) is 0 Å². The predicted molar refractivity (Wildman–Crippen MR) is 129 cm³/mol. The number of carbonyl (C=O) groups is 1. The summed E-state index contributed by atoms with van der Waals surface area (Å²) < 4.78 is 5.44. The lowest BCUT2D eigenvalue weighted by Crippen LogP contribution is -2.40. The van der Waals surface area contributed by atoms with Crippen molar-refractivity contribution in [2.24, 2.45) is 4.99 Å². The molecule has 7 nitrogen and oxygen atoms in total. The molecule has 29 heavy (non-hydrogen) atoms. The molecule has 1 atom stereocenters. The molecule has 3 N–H and O–H groups in total. The Kier molecular flexibility index (Phi) is 12.9. The first-order valence-corrected chi connectivity index (χ1v) is 10.2. The molecule has 0 aromatic heterocycles. The molecule has 0 radical (unpaired) electrons. The van der Waals surface area contributed by atoms with Crippen molar-refractivity contribution in [2.75, 3.05) is 39.9 Å². The van der Waals surface area contributed by atoms with Gasteiger partial charge in [-0.05, 0) is 24.5 Å². The molecule has 0 spiro atoms. The van der Waals surface area contributed by atoms with Crippen molar-refractivity contribution in [3.05, 3.63) is 35.4 Å². The first-order valence-electron chi connectivity index (χ1n) is 10.2. The van der Waals surface area contributed by atoms with E-state index in [4.69, 9.17) is 4.74 Å². The van der Waals surface area contributed by atoms with Gasteiger partial charge in [0.25, 0.3) is 0 Å². The van der Waals surface area contributed by atoms with Gasteiger partial charge in [-0.1, -0.05) is 31.2 Å². The minimum absolute atomic E-state index is 0. The third kappa shape index (κ3) is 9.77. The van der Waals surface area contributed by atoms with E-state index in [1.165, 1.54) is 11.1 Å². The lowest BCUT2D eigenvalue weighted by molar-refractivity contribution is -0.121. The molecular weight excluding hydrogens is 481 g/mol. The zero-order valence-electron chi connectivity index (χ0n) is 17.9. The Labute approximate surface area is 192 Å². The van der Waals surface area contributed by atoms with E-state index in [1.54, 1.807) is 7.05 Å². The molecule has 1 saturated heterocycles. The topological polar surface area (TPSA) is 78.0 Å². The van der Waals surface area contributed by atoms with Crippen LogP contribution in [-0.4, -0.2) is 62.7 Å². The minimum Gasteiger partial charge on any atom is -0.379 e. The summed E-state index contributed by atoms with van der Waals surface area (Å²) in [5.74, 6) is 0.769. The summed E-state index contributed by atoms with van der Waals surface area (Å²) in [5, 5.41) is 9.54. The first-order chi connectivity index (χ1) is 13.6. The van der Waals surface area contributed by atoms with Gasteiger partial charge < -0.3 is 20.7 Å². The van der Waals surface area contributed by atoms with Crippen LogP contribution in [0.4, 0.5) is 0 Å². The molecule has 1 fully saturated rings. The van der Waals surface area contributed by atoms with Gasteiger partial charge in [0.05, 0.1) is 13.2 Å². The van der Waals surface area contributed by atoms with E-state index < -0.39 is 0 Å². The van der Waals surface area contributed by atoms with Crippen LogP contribution in [0, 0.1) is 0 Å². The summed E-state index contributed by atoms with van der Waals surface area (Å²) in [6.45, 7) is 9.82. The lowest BCUT2D eigenvalue weighted by atomic mass is 10.1. The maximum absolute atomic E-state index is 11.9. The maximum atomic E-state index is 11.9. The summed E-state index contributed by atoms with van der Waals surface area (Å²) in [6, 6.07) is 8.70. The highest BCUT2D eigenvalue weighted by molar-refractivity contribution is 14.0. The van der Waals surface area contributed by atoms with Crippen molar-refractivity contribution in [1.82, 2.24) is 20.9 Å². The summed E-state index contributed by atoms with van der Waals surface area (Å²) in [6.07, 6.45) is 1.37. The van der Waals surface area contributed by atoms with E-state index in [2.05, 4.69) is 57.0 Å². The Morgan fingerprint density at radius 3 is 2.55 bits per heavy atom. The molecule has 1 aliphatic rings. The number of nitrogens with zero attached hydrogens (tertiary/aromatic N) is 2. The normalized spacial score (nSPS) is 15.9. The Morgan fingerprint density at radius 1 is 1.21 bits per heavy atom. The second-order valence-corrected chi connectivity index (χ2v) is 7.14. The number of nitrogens with one attached hydrogen (secondary N) is 3. The van der Waals surface area contributed by atoms with Crippen molar-refractivity contribution >= 4 is 35.8 Å². The number of amides is 1. The van der Waals surface area contributed by atoms with E-state index in [-0.39, 0.29) is 35.9 Å². The highest BCUT2D eigenvalue weighted by Gasteiger charge is 2.13. The molecule has 1 amide bonds. The number of benzene rings is 1. The minimum atomic E-state index is 0. The Hall–Kier alpha value is -1.39. The summed E-state index contributed by atoms with van der Waals surface area (Å²) >= 11 is 0. The van der Waals surface area contributed by atoms with Gasteiger partial charge in [0, 0.05) is 52.2 Å². The van der Waals surface area contributed by atoms with E-state index in [9.17, 15) is 4.79 Å². The van der Waals surface area contributed by atoms with Crippen LogP contribution in [0.15, 0.2) is 29.3 Å². The highest BCUT2D eigenvalue weighted by Crippen LogP contribution is 2.13. The SMILES string of the molecule is CCC(C)NC(=O)CCNC(=NC)NCc1ccccc1CN1CCOCC1.I. The molecule has 1 unspecified atom stereocenters. The van der Waals surface area contributed by atoms with Gasteiger partial charge in [0.15, 0.2) is 5.96 Å². The lowest BCUT2D eigenvalue weighted by Gasteiger charge is -2.27. The smallest absolute Gasteiger partial charge is 0.221 e. The second-order valence-electron chi connectivity index (χ2n) is 7.14. The third-order valence-corrected chi connectivity index (χ3v) is 4.95. The quantitative estimate of drug-likeness (QED) is 0.266. The number of hydrogen-bond donors (Lipinski definition) is 3. The van der Waals surface area contributed by atoms with Gasteiger partial charge in [0.2, 0.25) is 5.91 Å². The summed E-state index contributed by atoms with van der Waals surface area (Å²) in [7, 11) is 1.74. The number of morpholine rings is 1. The van der Waals surface area contributed by atoms with Crippen LogP contribution < -0.4 is 16.0 Å². The molecule has 1 aromatic carbocycles. The molecule has 8 heteroatoms. The van der Waals surface area contributed by atoms with E-state index in [0.29, 0.717) is 25.5 Å².